The Morgan fingerprint density at radius 3 is 2.08 bits per heavy atom. The summed E-state index contributed by atoms with van der Waals surface area (Å²) in [6, 6.07) is 20.5. The van der Waals surface area contributed by atoms with Crippen molar-refractivity contribution in [3.8, 4) is 0 Å². The van der Waals surface area contributed by atoms with Gasteiger partial charge in [0.1, 0.15) is 12.6 Å². The van der Waals surface area contributed by atoms with Crippen molar-refractivity contribution in [3.63, 3.8) is 0 Å². The van der Waals surface area contributed by atoms with Gasteiger partial charge in [-0.05, 0) is 57.0 Å². The Morgan fingerprint density at radius 2 is 1.52 bits per heavy atom. The van der Waals surface area contributed by atoms with E-state index in [9.17, 15) is 18.0 Å². The molecule has 0 spiro atoms. The highest BCUT2D eigenvalue weighted by atomic mass is 35.5. The average molecular weight is 605 g/mol. The van der Waals surface area contributed by atoms with Gasteiger partial charge in [0.2, 0.25) is 21.8 Å². The van der Waals surface area contributed by atoms with E-state index in [1.54, 1.807) is 0 Å². The van der Waals surface area contributed by atoms with Crippen molar-refractivity contribution in [1.29, 1.82) is 0 Å². The fourth-order valence-corrected chi connectivity index (χ4v) is 5.28. The summed E-state index contributed by atoms with van der Waals surface area (Å²) in [5, 5.41) is 3.42. The highest BCUT2D eigenvalue weighted by Crippen LogP contribution is 2.29. The molecule has 0 unspecified atom stereocenters. The third-order valence-electron chi connectivity index (χ3n) is 6.11. The van der Waals surface area contributed by atoms with Crippen LogP contribution in [0.25, 0.3) is 0 Å². The average Bonchev–Trinajstić information content (AvgIpc) is 2.86. The Hall–Kier alpha value is -3.07. The molecular weight excluding hydrogens is 569 g/mol. The van der Waals surface area contributed by atoms with Crippen LogP contribution in [0.3, 0.4) is 0 Å². The van der Waals surface area contributed by atoms with Gasteiger partial charge in [-0.25, -0.2) is 8.42 Å². The van der Waals surface area contributed by atoms with Gasteiger partial charge in [-0.2, -0.15) is 0 Å². The van der Waals surface area contributed by atoms with Crippen molar-refractivity contribution < 1.29 is 18.0 Å². The Labute approximate surface area is 247 Å². The molecule has 0 radical (unpaired) electrons. The minimum absolute atomic E-state index is 0.104. The van der Waals surface area contributed by atoms with Crippen molar-refractivity contribution in [2.75, 3.05) is 17.1 Å². The smallest absolute Gasteiger partial charge is 0.244 e. The second-order valence-corrected chi connectivity index (χ2v) is 13.5. The van der Waals surface area contributed by atoms with Crippen molar-refractivity contribution in [2.45, 2.75) is 52.2 Å². The summed E-state index contributed by atoms with van der Waals surface area (Å²) in [7, 11) is -3.90. The van der Waals surface area contributed by atoms with Crippen LogP contribution in [0.5, 0.6) is 0 Å². The van der Waals surface area contributed by atoms with Crippen LogP contribution in [-0.4, -0.2) is 49.5 Å². The second-order valence-electron chi connectivity index (χ2n) is 10.8. The first-order chi connectivity index (χ1) is 18.6. The zero-order valence-corrected chi connectivity index (χ0v) is 25.6. The number of sulfonamides is 1. The molecule has 0 aliphatic carbocycles. The summed E-state index contributed by atoms with van der Waals surface area (Å²) in [4.78, 5) is 29.3. The van der Waals surface area contributed by atoms with Gasteiger partial charge in [-0.3, -0.25) is 13.9 Å². The Bertz CT molecular complexity index is 1440. The van der Waals surface area contributed by atoms with Crippen LogP contribution in [-0.2, 0) is 32.6 Å². The molecule has 0 heterocycles. The van der Waals surface area contributed by atoms with E-state index in [2.05, 4.69) is 5.32 Å². The van der Waals surface area contributed by atoms with Gasteiger partial charge in [0.15, 0.2) is 0 Å². The number of amides is 2. The van der Waals surface area contributed by atoms with Crippen molar-refractivity contribution in [2.24, 2.45) is 0 Å². The van der Waals surface area contributed by atoms with Gasteiger partial charge in [0, 0.05) is 18.5 Å². The number of benzene rings is 3. The first-order valence-electron chi connectivity index (χ1n) is 12.8. The van der Waals surface area contributed by atoms with Gasteiger partial charge < -0.3 is 10.2 Å². The molecule has 3 rings (SSSR count). The minimum atomic E-state index is -3.90. The highest BCUT2D eigenvalue weighted by molar-refractivity contribution is 7.92. The number of halogens is 2. The van der Waals surface area contributed by atoms with Gasteiger partial charge in [0.25, 0.3) is 0 Å². The van der Waals surface area contributed by atoms with E-state index in [0.717, 1.165) is 27.3 Å². The van der Waals surface area contributed by atoms with Crippen LogP contribution in [0.1, 0.15) is 37.5 Å². The lowest BCUT2D eigenvalue weighted by Gasteiger charge is -2.35. The Kier molecular flexibility index (Phi) is 10.3. The third kappa shape index (κ3) is 8.98. The van der Waals surface area contributed by atoms with E-state index in [1.165, 1.54) is 23.1 Å². The molecule has 0 bridgehead atoms. The van der Waals surface area contributed by atoms with Gasteiger partial charge in [-0.1, -0.05) is 83.4 Å². The molecule has 3 aromatic rings. The van der Waals surface area contributed by atoms with Gasteiger partial charge in [-0.15, -0.1) is 0 Å². The Morgan fingerprint density at radius 1 is 0.900 bits per heavy atom. The molecule has 10 heteroatoms. The molecule has 0 aliphatic rings. The quantitative estimate of drug-likeness (QED) is 0.326. The van der Waals surface area contributed by atoms with Crippen LogP contribution in [0.2, 0.25) is 10.0 Å². The number of aryl methyl sites for hydroxylation is 1. The molecule has 7 nitrogen and oxygen atoms in total. The molecule has 1 N–H and O–H groups in total. The minimum Gasteiger partial charge on any atom is -0.350 e. The van der Waals surface area contributed by atoms with Crippen LogP contribution in [0.15, 0.2) is 72.8 Å². The highest BCUT2D eigenvalue weighted by Gasteiger charge is 2.34. The van der Waals surface area contributed by atoms with Crippen LogP contribution in [0.4, 0.5) is 5.69 Å². The zero-order chi connectivity index (χ0) is 29.7. The Balaban J connectivity index is 2.08. The summed E-state index contributed by atoms with van der Waals surface area (Å²) in [5.41, 5.74) is 2.36. The number of carbonyl (C=O) groups excluding carboxylic acids is 2. The summed E-state index contributed by atoms with van der Waals surface area (Å²) in [6.45, 7) is 7.14. The fraction of sp³-hybridized carbons (Fsp3) is 0.333. The number of hydrogen-bond acceptors (Lipinski definition) is 4. The summed E-state index contributed by atoms with van der Waals surface area (Å²) in [6.07, 6.45) is 1.26. The fourth-order valence-electron chi connectivity index (χ4n) is 4.15. The maximum Gasteiger partial charge on any atom is 0.244 e. The van der Waals surface area contributed by atoms with Gasteiger partial charge in [0.05, 0.1) is 22.0 Å². The molecule has 214 valence electrons. The number of anilines is 1. The van der Waals surface area contributed by atoms with E-state index in [1.807, 2.05) is 82.3 Å². The summed E-state index contributed by atoms with van der Waals surface area (Å²) in [5.74, 6) is -0.876. The van der Waals surface area contributed by atoms with Crippen LogP contribution < -0.4 is 9.62 Å². The number of carbonyl (C=O) groups is 2. The first kappa shape index (κ1) is 31.5. The SMILES string of the molecule is Cc1ccc(CN(C(=O)CN(c2ccc(Cl)c(Cl)c2)S(C)(=O)=O)[C@@H](Cc2ccccc2)C(=O)NC(C)(C)C)cc1. The zero-order valence-electron chi connectivity index (χ0n) is 23.3. The number of hydrogen-bond donors (Lipinski definition) is 1. The molecule has 2 amide bonds. The van der Waals surface area contributed by atoms with E-state index >= 15 is 0 Å². The van der Waals surface area contributed by atoms with Gasteiger partial charge >= 0.3 is 0 Å². The number of nitrogens with zero attached hydrogens (tertiary/aromatic N) is 2. The van der Waals surface area contributed by atoms with Crippen molar-refractivity contribution in [1.82, 2.24) is 10.2 Å². The van der Waals surface area contributed by atoms with E-state index in [0.29, 0.717) is 0 Å². The molecule has 1 atom stereocenters. The lowest BCUT2D eigenvalue weighted by Crippen LogP contribution is -2.56. The van der Waals surface area contributed by atoms with Crippen LogP contribution >= 0.6 is 23.2 Å². The molecule has 0 fully saturated rings. The topological polar surface area (TPSA) is 86.8 Å². The molecule has 0 aliphatic heterocycles. The van der Waals surface area contributed by atoms with Crippen molar-refractivity contribution >= 4 is 50.7 Å². The summed E-state index contributed by atoms with van der Waals surface area (Å²) >= 11 is 12.2. The second kappa shape index (κ2) is 13.1. The molecule has 40 heavy (non-hydrogen) atoms. The van der Waals surface area contributed by atoms with E-state index in [4.69, 9.17) is 23.2 Å². The maximum absolute atomic E-state index is 14.1. The monoisotopic (exact) mass is 603 g/mol. The predicted molar refractivity (Wildman–Crippen MR) is 162 cm³/mol. The standard InChI is InChI=1S/C30H35Cl2N3O4S/c1-21-11-13-23(14-12-21)19-34(27(29(37)33-30(2,3)4)17-22-9-7-6-8-10-22)28(36)20-35(40(5,38)39)24-15-16-25(31)26(32)18-24/h6-16,18,27H,17,19-20H2,1-5H3,(H,33,37)/t27-/m0/s1. The molecule has 3 aromatic carbocycles. The van der Waals surface area contributed by atoms with E-state index < -0.39 is 34.1 Å². The van der Waals surface area contributed by atoms with Crippen LogP contribution in [0, 0.1) is 6.92 Å². The molecule has 0 saturated heterocycles. The third-order valence-corrected chi connectivity index (χ3v) is 7.99. The van der Waals surface area contributed by atoms with Crippen molar-refractivity contribution in [3.05, 3.63) is 99.5 Å². The predicted octanol–water partition coefficient (Wildman–Crippen LogP) is 5.62. The normalized spacial score (nSPS) is 12.5. The maximum atomic E-state index is 14.1. The lowest BCUT2D eigenvalue weighted by molar-refractivity contribution is -0.140. The molecular formula is C30H35Cl2N3O4S. The molecule has 0 saturated carbocycles. The molecule has 0 aromatic heterocycles. The lowest BCUT2D eigenvalue weighted by atomic mass is 10.0. The number of nitrogens with one attached hydrogen (secondary N) is 1. The number of rotatable bonds is 10. The largest absolute Gasteiger partial charge is 0.350 e. The summed E-state index contributed by atoms with van der Waals surface area (Å²) < 4.78 is 26.7. The first-order valence-corrected chi connectivity index (χ1v) is 15.4. The van der Waals surface area contributed by atoms with E-state index in [-0.39, 0.29) is 34.6 Å².